The smallest absolute Gasteiger partial charge is 0.320 e. The summed E-state index contributed by atoms with van der Waals surface area (Å²) in [6.45, 7) is 2.24. The molecule has 19 heavy (non-hydrogen) atoms. The number of aliphatic carboxylic acids is 1. The number of hydrogen-bond donors (Lipinski definition) is 2. The van der Waals surface area contributed by atoms with Crippen molar-refractivity contribution in [3.63, 3.8) is 0 Å². The molecule has 1 saturated carbocycles. The summed E-state index contributed by atoms with van der Waals surface area (Å²) in [5.41, 5.74) is 6.16. The van der Waals surface area contributed by atoms with Crippen molar-refractivity contribution in [3.05, 3.63) is 11.9 Å². The first-order chi connectivity index (χ1) is 9.10. The fraction of sp³-hybridized carbons (Fsp3) is 0.769. The summed E-state index contributed by atoms with van der Waals surface area (Å²) in [4.78, 5) is 10.7. The van der Waals surface area contributed by atoms with Gasteiger partial charge in [0, 0.05) is 12.6 Å². The molecule has 0 amide bonds. The Morgan fingerprint density at radius 3 is 2.79 bits per heavy atom. The van der Waals surface area contributed by atoms with Crippen molar-refractivity contribution >= 4 is 5.97 Å². The Morgan fingerprint density at radius 1 is 1.53 bits per heavy atom. The highest BCUT2D eigenvalue weighted by Crippen LogP contribution is 2.33. The largest absolute Gasteiger partial charge is 0.480 e. The lowest BCUT2D eigenvalue weighted by Gasteiger charge is -2.27. The van der Waals surface area contributed by atoms with E-state index < -0.39 is 12.0 Å². The second-order valence-electron chi connectivity index (χ2n) is 5.42. The van der Waals surface area contributed by atoms with E-state index in [2.05, 4.69) is 17.2 Å². The number of hydrogen-bond acceptors (Lipinski definition) is 4. The molecule has 106 valence electrons. The van der Waals surface area contributed by atoms with E-state index in [0.717, 1.165) is 18.8 Å². The Morgan fingerprint density at radius 2 is 2.21 bits per heavy atom. The van der Waals surface area contributed by atoms with Gasteiger partial charge in [-0.3, -0.25) is 4.79 Å². The molecule has 1 atom stereocenters. The first-order valence-electron chi connectivity index (χ1n) is 6.99. The summed E-state index contributed by atoms with van der Waals surface area (Å²) in [6.07, 6.45) is 8.08. The van der Waals surface area contributed by atoms with Crippen molar-refractivity contribution in [2.24, 2.45) is 11.7 Å². The van der Waals surface area contributed by atoms with Gasteiger partial charge in [-0.1, -0.05) is 18.6 Å². The molecule has 0 saturated heterocycles. The van der Waals surface area contributed by atoms with E-state index >= 15 is 0 Å². The number of rotatable bonds is 5. The Bertz CT molecular complexity index is 424. The number of carboxylic acid groups (broad SMARTS) is 1. The van der Waals surface area contributed by atoms with Crippen LogP contribution in [0.15, 0.2) is 6.20 Å². The molecule has 1 unspecified atom stereocenters. The Kier molecular flexibility index (Phi) is 4.52. The third kappa shape index (κ3) is 3.53. The summed E-state index contributed by atoms with van der Waals surface area (Å²) in [5.74, 6) is -0.155. The van der Waals surface area contributed by atoms with Crippen LogP contribution in [0.3, 0.4) is 0 Å². The van der Waals surface area contributed by atoms with Crippen LogP contribution < -0.4 is 5.73 Å². The Balaban J connectivity index is 1.92. The molecule has 2 rings (SSSR count). The van der Waals surface area contributed by atoms with Gasteiger partial charge in [0.1, 0.15) is 6.04 Å². The van der Waals surface area contributed by atoms with Gasteiger partial charge in [0.05, 0.1) is 11.7 Å². The Hall–Kier alpha value is -1.43. The minimum Gasteiger partial charge on any atom is -0.480 e. The molecule has 0 aliphatic heterocycles. The molecule has 1 aromatic heterocycles. The van der Waals surface area contributed by atoms with Crippen molar-refractivity contribution < 1.29 is 9.90 Å². The van der Waals surface area contributed by atoms with E-state index in [1.807, 2.05) is 10.9 Å². The average Bonchev–Trinajstić information content (AvgIpc) is 2.87. The lowest BCUT2D eigenvalue weighted by atomic mass is 9.85. The number of aromatic nitrogens is 3. The molecule has 1 heterocycles. The van der Waals surface area contributed by atoms with Crippen LogP contribution in [0.4, 0.5) is 0 Å². The molecule has 1 aromatic rings. The fourth-order valence-electron chi connectivity index (χ4n) is 2.72. The van der Waals surface area contributed by atoms with Gasteiger partial charge in [-0.05, 0) is 31.6 Å². The van der Waals surface area contributed by atoms with Gasteiger partial charge in [-0.2, -0.15) is 0 Å². The van der Waals surface area contributed by atoms with Crippen molar-refractivity contribution in [3.8, 4) is 0 Å². The van der Waals surface area contributed by atoms with Crippen LogP contribution in [0, 0.1) is 5.92 Å². The second kappa shape index (κ2) is 6.14. The van der Waals surface area contributed by atoms with Gasteiger partial charge in [-0.15, -0.1) is 5.10 Å². The number of carboxylic acids is 1. The third-order valence-corrected chi connectivity index (χ3v) is 4.07. The maximum absolute atomic E-state index is 10.7. The highest BCUT2D eigenvalue weighted by atomic mass is 16.4. The fourth-order valence-corrected chi connectivity index (χ4v) is 2.72. The molecule has 0 aromatic carbocycles. The third-order valence-electron chi connectivity index (χ3n) is 4.07. The lowest BCUT2D eigenvalue weighted by molar-refractivity contribution is -0.138. The zero-order valence-corrected chi connectivity index (χ0v) is 11.3. The van der Waals surface area contributed by atoms with Gasteiger partial charge in [0.15, 0.2) is 0 Å². The molecular formula is C13H22N4O2. The summed E-state index contributed by atoms with van der Waals surface area (Å²) < 4.78 is 1.88. The standard InChI is InChI=1S/C13H22N4O2/c1-2-9-3-5-11(6-4-9)17-8-10(15-16-17)7-12(14)13(18)19/h8-9,11-12H,2-7,14H2,1H3,(H,18,19). The first-order valence-corrected chi connectivity index (χ1v) is 6.99. The molecule has 1 aliphatic carbocycles. The predicted molar refractivity (Wildman–Crippen MR) is 70.6 cm³/mol. The van der Waals surface area contributed by atoms with E-state index in [1.165, 1.54) is 19.3 Å². The van der Waals surface area contributed by atoms with Crippen LogP contribution in [0.2, 0.25) is 0 Å². The minimum atomic E-state index is -1.00. The maximum atomic E-state index is 10.7. The molecule has 6 nitrogen and oxygen atoms in total. The topological polar surface area (TPSA) is 94.0 Å². The molecule has 1 aliphatic rings. The highest BCUT2D eigenvalue weighted by Gasteiger charge is 2.23. The summed E-state index contributed by atoms with van der Waals surface area (Å²) in [6, 6.07) is -0.494. The van der Waals surface area contributed by atoms with E-state index in [-0.39, 0.29) is 6.42 Å². The number of carbonyl (C=O) groups is 1. The molecule has 0 bridgehead atoms. The van der Waals surface area contributed by atoms with Gasteiger partial charge in [-0.25, -0.2) is 4.68 Å². The molecule has 6 heteroatoms. The van der Waals surface area contributed by atoms with Crippen molar-refractivity contribution in [2.45, 2.75) is 57.5 Å². The monoisotopic (exact) mass is 266 g/mol. The van der Waals surface area contributed by atoms with E-state index in [9.17, 15) is 4.79 Å². The van der Waals surface area contributed by atoms with E-state index in [1.54, 1.807) is 0 Å². The lowest BCUT2D eigenvalue weighted by Crippen LogP contribution is -2.32. The summed E-state index contributed by atoms with van der Waals surface area (Å²) in [5, 5.41) is 16.9. The van der Waals surface area contributed by atoms with Crippen LogP contribution in [0.25, 0.3) is 0 Å². The van der Waals surface area contributed by atoms with Crippen molar-refractivity contribution in [1.82, 2.24) is 15.0 Å². The average molecular weight is 266 g/mol. The highest BCUT2D eigenvalue weighted by molar-refractivity contribution is 5.73. The van der Waals surface area contributed by atoms with Gasteiger partial charge >= 0.3 is 5.97 Å². The van der Waals surface area contributed by atoms with E-state index in [4.69, 9.17) is 10.8 Å². The van der Waals surface area contributed by atoms with Crippen molar-refractivity contribution in [2.75, 3.05) is 0 Å². The summed E-state index contributed by atoms with van der Waals surface area (Å²) >= 11 is 0. The van der Waals surface area contributed by atoms with Crippen LogP contribution in [-0.4, -0.2) is 32.1 Å². The molecule has 0 spiro atoms. The Labute approximate surface area is 113 Å². The quantitative estimate of drug-likeness (QED) is 0.839. The minimum absolute atomic E-state index is 0.236. The van der Waals surface area contributed by atoms with Crippen LogP contribution in [0.5, 0.6) is 0 Å². The second-order valence-corrected chi connectivity index (χ2v) is 5.42. The zero-order chi connectivity index (χ0) is 13.8. The SMILES string of the molecule is CCC1CCC(n2cc(CC(N)C(=O)O)nn2)CC1. The number of nitrogens with two attached hydrogens (primary N) is 1. The van der Waals surface area contributed by atoms with E-state index in [0.29, 0.717) is 11.7 Å². The number of nitrogens with zero attached hydrogens (tertiary/aromatic N) is 3. The molecule has 1 fully saturated rings. The molecule has 3 N–H and O–H groups in total. The molecular weight excluding hydrogens is 244 g/mol. The van der Waals surface area contributed by atoms with Gasteiger partial charge in [0.25, 0.3) is 0 Å². The predicted octanol–water partition coefficient (Wildman–Crippen LogP) is 1.37. The van der Waals surface area contributed by atoms with Crippen molar-refractivity contribution in [1.29, 1.82) is 0 Å². The van der Waals surface area contributed by atoms with Crippen LogP contribution in [-0.2, 0) is 11.2 Å². The maximum Gasteiger partial charge on any atom is 0.320 e. The first kappa shape index (κ1) is 14.0. The van der Waals surface area contributed by atoms with Crippen LogP contribution >= 0.6 is 0 Å². The van der Waals surface area contributed by atoms with Crippen LogP contribution in [0.1, 0.15) is 50.8 Å². The molecule has 0 radical (unpaired) electrons. The zero-order valence-electron chi connectivity index (χ0n) is 11.3. The van der Waals surface area contributed by atoms with Gasteiger partial charge < -0.3 is 10.8 Å². The van der Waals surface area contributed by atoms with Gasteiger partial charge in [0.2, 0.25) is 0 Å². The normalized spacial score (nSPS) is 25.2. The summed E-state index contributed by atoms with van der Waals surface area (Å²) in [7, 11) is 0.